The number of thiazole rings is 1. The normalized spacial score (nSPS) is 20.1. The van der Waals surface area contributed by atoms with Gasteiger partial charge >= 0.3 is 5.97 Å². The molecule has 0 radical (unpaired) electrons. The lowest BCUT2D eigenvalue weighted by atomic mass is 9.95. The molecule has 0 aromatic carbocycles. The Bertz CT molecular complexity index is 431. The summed E-state index contributed by atoms with van der Waals surface area (Å²) < 4.78 is 0. The lowest BCUT2D eigenvalue weighted by Gasteiger charge is -2.32. The van der Waals surface area contributed by atoms with Crippen molar-refractivity contribution in [3.05, 3.63) is 10.6 Å². The molecule has 0 amide bonds. The summed E-state index contributed by atoms with van der Waals surface area (Å²) in [6, 6.07) is 0. The molecule has 1 fully saturated rings. The molecule has 0 bridgehead atoms. The zero-order valence-corrected chi connectivity index (χ0v) is 11.2. The van der Waals surface area contributed by atoms with Gasteiger partial charge in [0.1, 0.15) is 4.88 Å². The molecule has 1 aromatic heterocycles. The summed E-state index contributed by atoms with van der Waals surface area (Å²) in [6.45, 7) is 3.74. The highest BCUT2D eigenvalue weighted by Gasteiger charge is 2.23. The molecule has 2 rings (SSSR count). The van der Waals surface area contributed by atoms with Gasteiger partial charge in [0.15, 0.2) is 5.13 Å². The smallest absolute Gasteiger partial charge is 0.347 e. The van der Waals surface area contributed by atoms with Gasteiger partial charge in [-0.2, -0.15) is 0 Å². The maximum absolute atomic E-state index is 11.0. The number of carboxylic acids is 1. The fraction of sp³-hybridized carbons (Fsp3) is 0.667. The molecule has 1 unspecified atom stereocenters. The number of anilines is 1. The minimum absolute atomic E-state index is 0.218. The molecule has 5 nitrogen and oxygen atoms in total. The second-order valence-electron chi connectivity index (χ2n) is 4.68. The molecule has 1 saturated heterocycles. The molecule has 1 aromatic rings. The van der Waals surface area contributed by atoms with Crippen molar-refractivity contribution < 1.29 is 15.0 Å². The highest BCUT2D eigenvalue weighted by atomic mass is 32.1. The number of piperidine rings is 1. The minimum Gasteiger partial charge on any atom is -0.477 e. The average molecular weight is 270 g/mol. The van der Waals surface area contributed by atoms with Crippen molar-refractivity contribution in [2.75, 3.05) is 24.6 Å². The van der Waals surface area contributed by atoms with Crippen LogP contribution in [-0.2, 0) is 0 Å². The van der Waals surface area contributed by atoms with E-state index < -0.39 is 5.97 Å². The SMILES string of the molecule is Cc1nc(N2CCCC(CCO)C2)sc1C(=O)O. The van der Waals surface area contributed by atoms with Crippen molar-refractivity contribution in [3.8, 4) is 0 Å². The van der Waals surface area contributed by atoms with Gasteiger partial charge in [0.05, 0.1) is 5.69 Å². The van der Waals surface area contributed by atoms with E-state index in [1.54, 1.807) is 6.92 Å². The first-order valence-electron chi connectivity index (χ1n) is 6.18. The maximum Gasteiger partial charge on any atom is 0.347 e. The third-order valence-electron chi connectivity index (χ3n) is 3.31. The molecule has 0 saturated carbocycles. The maximum atomic E-state index is 11.0. The summed E-state index contributed by atoms with van der Waals surface area (Å²) in [4.78, 5) is 17.8. The first kappa shape index (κ1) is 13.3. The molecule has 1 aliphatic heterocycles. The van der Waals surface area contributed by atoms with Crippen molar-refractivity contribution in [1.82, 2.24) is 4.98 Å². The second-order valence-corrected chi connectivity index (χ2v) is 5.66. The summed E-state index contributed by atoms with van der Waals surface area (Å²) in [6.07, 6.45) is 3.02. The second kappa shape index (κ2) is 5.67. The molecule has 2 heterocycles. The highest BCUT2D eigenvalue weighted by molar-refractivity contribution is 7.17. The Balaban J connectivity index is 2.11. The van der Waals surface area contributed by atoms with Crippen molar-refractivity contribution in [1.29, 1.82) is 0 Å². The van der Waals surface area contributed by atoms with E-state index in [4.69, 9.17) is 10.2 Å². The summed E-state index contributed by atoms with van der Waals surface area (Å²) in [5.41, 5.74) is 0.590. The van der Waals surface area contributed by atoms with Crippen LogP contribution >= 0.6 is 11.3 Å². The lowest BCUT2D eigenvalue weighted by Crippen LogP contribution is -2.35. The molecule has 0 spiro atoms. The van der Waals surface area contributed by atoms with E-state index in [-0.39, 0.29) is 6.61 Å². The topological polar surface area (TPSA) is 73.7 Å². The average Bonchev–Trinajstić information content (AvgIpc) is 2.72. The highest BCUT2D eigenvalue weighted by Crippen LogP contribution is 2.30. The Morgan fingerprint density at radius 2 is 2.39 bits per heavy atom. The summed E-state index contributed by atoms with van der Waals surface area (Å²) >= 11 is 1.25. The Hall–Kier alpha value is -1.14. The number of hydrogen-bond donors (Lipinski definition) is 2. The molecule has 0 aliphatic carbocycles. The van der Waals surface area contributed by atoms with Crippen LogP contribution in [0.5, 0.6) is 0 Å². The predicted octanol–water partition coefficient (Wildman–Crippen LogP) is 1.75. The van der Waals surface area contributed by atoms with Crippen molar-refractivity contribution in [2.45, 2.75) is 26.2 Å². The fourth-order valence-corrected chi connectivity index (χ4v) is 3.31. The van der Waals surface area contributed by atoms with Gasteiger partial charge in [-0.3, -0.25) is 0 Å². The molecular formula is C12H18N2O3S. The molecular weight excluding hydrogens is 252 g/mol. The Morgan fingerprint density at radius 3 is 3.00 bits per heavy atom. The number of aromatic nitrogens is 1. The number of carboxylic acid groups (broad SMARTS) is 1. The number of rotatable bonds is 4. The Labute approximate surface area is 110 Å². The van der Waals surface area contributed by atoms with Crippen molar-refractivity contribution in [2.24, 2.45) is 5.92 Å². The Kier molecular flexibility index (Phi) is 4.19. The van der Waals surface area contributed by atoms with Crippen LogP contribution in [-0.4, -0.2) is 40.9 Å². The van der Waals surface area contributed by atoms with E-state index in [0.717, 1.165) is 37.5 Å². The van der Waals surface area contributed by atoms with Crippen LogP contribution in [0.15, 0.2) is 0 Å². The molecule has 6 heteroatoms. The van der Waals surface area contributed by atoms with Gasteiger partial charge in [-0.05, 0) is 32.1 Å². The van der Waals surface area contributed by atoms with Gasteiger partial charge in [-0.1, -0.05) is 11.3 Å². The fourth-order valence-electron chi connectivity index (χ4n) is 2.37. The number of carbonyl (C=O) groups is 1. The molecule has 1 atom stereocenters. The van der Waals surface area contributed by atoms with Crippen LogP contribution in [0.1, 0.15) is 34.6 Å². The monoisotopic (exact) mass is 270 g/mol. The molecule has 18 heavy (non-hydrogen) atoms. The van der Waals surface area contributed by atoms with Gasteiger partial charge in [0.25, 0.3) is 0 Å². The van der Waals surface area contributed by atoms with Crippen LogP contribution in [0.2, 0.25) is 0 Å². The minimum atomic E-state index is -0.903. The predicted molar refractivity (Wildman–Crippen MR) is 70.5 cm³/mol. The first-order valence-corrected chi connectivity index (χ1v) is 7.00. The first-order chi connectivity index (χ1) is 8.61. The Morgan fingerprint density at radius 1 is 1.61 bits per heavy atom. The van der Waals surface area contributed by atoms with Gasteiger partial charge in [0.2, 0.25) is 0 Å². The van der Waals surface area contributed by atoms with E-state index in [1.165, 1.54) is 11.3 Å². The zero-order valence-electron chi connectivity index (χ0n) is 10.4. The number of aliphatic hydroxyl groups is 1. The zero-order chi connectivity index (χ0) is 13.1. The van der Waals surface area contributed by atoms with Crippen LogP contribution in [0, 0.1) is 12.8 Å². The van der Waals surface area contributed by atoms with Gasteiger partial charge in [-0.15, -0.1) is 0 Å². The summed E-state index contributed by atoms with van der Waals surface area (Å²) in [5.74, 6) is -0.415. The van der Waals surface area contributed by atoms with E-state index in [2.05, 4.69) is 9.88 Å². The lowest BCUT2D eigenvalue weighted by molar-refractivity contribution is 0.0701. The van der Waals surface area contributed by atoms with Gasteiger partial charge < -0.3 is 15.1 Å². The van der Waals surface area contributed by atoms with Gasteiger partial charge in [-0.25, -0.2) is 9.78 Å². The number of hydrogen-bond acceptors (Lipinski definition) is 5. The van der Waals surface area contributed by atoms with Crippen LogP contribution < -0.4 is 4.90 Å². The molecule has 100 valence electrons. The van der Waals surface area contributed by atoms with Crippen LogP contribution in [0.25, 0.3) is 0 Å². The number of nitrogens with zero attached hydrogens (tertiary/aromatic N) is 2. The summed E-state index contributed by atoms with van der Waals surface area (Å²) in [5, 5.41) is 18.8. The van der Waals surface area contributed by atoms with Crippen molar-refractivity contribution >= 4 is 22.4 Å². The van der Waals surface area contributed by atoms with E-state index >= 15 is 0 Å². The van der Waals surface area contributed by atoms with E-state index in [9.17, 15) is 4.79 Å². The molecule has 2 N–H and O–H groups in total. The van der Waals surface area contributed by atoms with Gasteiger partial charge in [0, 0.05) is 19.7 Å². The largest absolute Gasteiger partial charge is 0.477 e. The quantitative estimate of drug-likeness (QED) is 0.872. The standard InChI is InChI=1S/C12H18N2O3S/c1-8-10(11(16)17)18-12(13-8)14-5-2-3-9(7-14)4-6-15/h9,15H,2-7H2,1H3,(H,16,17). The summed E-state index contributed by atoms with van der Waals surface area (Å²) in [7, 11) is 0. The van der Waals surface area contributed by atoms with Crippen molar-refractivity contribution in [3.63, 3.8) is 0 Å². The number of aromatic carboxylic acids is 1. The third-order valence-corrected chi connectivity index (χ3v) is 4.51. The number of aliphatic hydroxyl groups excluding tert-OH is 1. The van der Waals surface area contributed by atoms with E-state index in [1.807, 2.05) is 0 Å². The molecule has 1 aliphatic rings. The number of aryl methyl sites for hydroxylation is 1. The third kappa shape index (κ3) is 2.81. The van der Waals surface area contributed by atoms with E-state index in [0.29, 0.717) is 16.5 Å². The van der Waals surface area contributed by atoms with Crippen LogP contribution in [0.4, 0.5) is 5.13 Å². The van der Waals surface area contributed by atoms with Crippen LogP contribution in [0.3, 0.4) is 0 Å².